The lowest BCUT2D eigenvalue weighted by atomic mass is 10.1. The molecule has 132 valence electrons. The van der Waals surface area contributed by atoms with Crippen molar-refractivity contribution in [2.24, 2.45) is 0 Å². The van der Waals surface area contributed by atoms with Crippen LogP contribution in [0.3, 0.4) is 0 Å². The zero-order valence-corrected chi connectivity index (χ0v) is 15.8. The number of aryl methyl sites for hydroxylation is 2. The van der Waals surface area contributed by atoms with Crippen molar-refractivity contribution in [3.8, 4) is 5.75 Å². The normalized spacial score (nSPS) is 11.2. The molecule has 0 aliphatic carbocycles. The SMILES string of the molecule is COCCn1c(SCCOc2cc(C)cc(C)c2)nc2ccccc21. The van der Waals surface area contributed by atoms with Crippen molar-refractivity contribution in [3.05, 3.63) is 53.6 Å². The third-order valence-corrected chi connectivity index (χ3v) is 4.86. The molecule has 3 aromatic rings. The first-order valence-electron chi connectivity index (χ1n) is 8.45. The summed E-state index contributed by atoms with van der Waals surface area (Å²) in [4.78, 5) is 4.75. The van der Waals surface area contributed by atoms with Gasteiger partial charge in [-0.1, -0.05) is 30.0 Å². The predicted molar refractivity (Wildman–Crippen MR) is 104 cm³/mol. The Labute approximate surface area is 153 Å². The average Bonchev–Trinajstić information content (AvgIpc) is 2.93. The van der Waals surface area contributed by atoms with E-state index >= 15 is 0 Å². The zero-order chi connectivity index (χ0) is 17.6. The summed E-state index contributed by atoms with van der Waals surface area (Å²) in [6, 6.07) is 14.5. The monoisotopic (exact) mass is 356 g/mol. The Balaban J connectivity index is 1.64. The van der Waals surface area contributed by atoms with Gasteiger partial charge in [-0.3, -0.25) is 0 Å². The molecule has 1 aromatic heterocycles. The summed E-state index contributed by atoms with van der Waals surface area (Å²) in [7, 11) is 1.73. The molecule has 0 unspecified atom stereocenters. The number of nitrogens with zero attached hydrogens (tertiary/aromatic N) is 2. The number of fused-ring (bicyclic) bond motifs is 1. The number of imidazole rings is 1. The molecule has 0 radical (unpaired) electrons. The number of thioether (sulfide) groups is 1. The fraction of sp³-hybridized carbons (Fsp3) is 0.350. The molecule has 1 heterocycles. The van der Waals surface area contributed by atoms with E-state index in [9.17, 15) is 0 Å². The molecule has 5 heteroatoms. The molecule has 0 N–H and O–H groups in total. The van der Waals surface area contributed by atoms with Crippen LogP contribution in [0, 0.1) is 13.8 Å². The number of rotatable bonds is 8. The van der Waals surface area contributed by atoms with E-state index in [-0.39, 0.29) is 0 Å². The van der Waals surface area contributed by atoms with Crippen LogP contribution in [0.1, 0.15) is 11.1 Å². The number of ether oxygens (including phenoxy) is 2. The van der Waals surface area contributed by atoms with Gasteiger partial charge in [0.25, 0.3) is 0 Å². The van der Waals surface area contributed by atoms with Gasteiger partial charge in [0.2, 0.25) is 0 Å². The second-order valence-electron chi connectivity index (χ2n) is 6.05. The maximum Gasteiger partial charge on any atom is 0.169 e. The lowest BCUT2D eigenvalue weighted by Gasteiger charge is -2.10. The molecule has 4 nitrogen and oxygen atoms in total. The molecule has 3 rings (SSSR count). The number of methoxy groups -OCH3 is 1. The highest BCUT2D eigenvalue weighted by Crippen LogP contribution is 2.24. The van der Waals surface area contributed by atoms with Crippen molar-refractivity contribution in [2.75, 3.05) is 26.1 Å². The fourth-order valence-corrected chi connectivity index (χ4v) is 3.73. The molecule has 0 bridgehead atoms. The molecular weight excluding hydrogens is 332 g/mol. The second-order valence-corrected chi connectivity index (χ2v) is 7.11. The molecule has 0 saturated heterocycles. The highest BCUT2D eigenvalue weighted by Gasteiger charge is 2.10. The van der Waals surface area contributed by atoms with Crippen LogP contribution in [0.4, 0.5) is 0 Å². The predicted octanol–water partition coefficient (Wildman–Crippen LogP) is 4.47. The Morgan fingerprint density at radius 2 is 1.80 bits per heavy atom. The van der Waals surface area contributed by atoms with Gasteiger partial charge in [-0.2, -0.15) is 0 Å². The van der Waals surface area contributed by atoms with E-state index in [0.717, 1.165) is 34.2 Å². The molecule has 0 aliphatic rings. The van der Waals surface area contributed by atoms with Gasteiger partial charge < -0.3 is 14.0 Å². The number of benzene rings is 2. The first-order chi connectivity index (χ1) is 12.2. The van der Waals surface area contributed by atoms with E-state index in [2.05, 4.69) is 48.7 Å². The molecule has 2 aromatic carbocycles. The van der Waals surface area contributed by atoms with Gasteiger partial charge in [0.1, 0.15) is 5.75 Å². The Morgan fingerprint density at radius 3 is 2.56 bits per heavy atom. The summed E-state index contributed by atoms with van der Waals surface area (Å²) in [6.07, 6.45) is 0. The summed E-state index contributed by atoms with van der Waals surface area (Å²) < 4.78 is 13.4. The van der Waals surface area contributed by atoms with Crippen LogP contribution < -0.4 is 4.74 Å². The molecule has 0 atom stereocenters. The van der Waals surface area contributed by atoms with Crippen LogP contribution in [-0.4, -0.2) is 35.6 Å². The third-order valence-electron chi connectivity index (χ3n) is 3.92. The largest absolute Gasteiger partial charge is 0.493 e. The van der Waals surface area contributed by atoms with Crippen LogP contribution in [0.5, 0.6) is 5.75 Å². The van der Waals surface area contributed by atoms with Crippen LogP contribution in [0.2, 0.25) is 0 Å². The average molecular weight is 356 g/mol. The molecule has 0 spiro atoms. The van der Waals surface area contributed by atoms with Crippen LogP contribution in [0.15, 0.2) is 47.6 Å². The number of para-hydroxylation sites is 2. The van der Waals surface area contributed by atoms with Crippen LogP contribution in [-0.2, 0) is 11.3 Å². The van der Waals surface area contributed by atoms with Crippen LogP contribution >= 0.6 is 11.8 Å². The lowest BCUT2D eigenvalue weighted by molar-refractivity contribution is 0.186. The quantitative estimate of drug-likeness (QED) is 0.441. The summed E-state index contributed by atoms with van der Waals surface area (Å²) in [6.45, 7) is 6.31. The summed E-state index contributed by atoms with van der Waals surface area (Å²) in [5.74, 6) is 1.79. The molecule has 0 fully saturated rings. The van der Waals surface area contributed by atoms with Gasteiger partial charge >= 0.3 is 0 Å². The highest BCUT2D eigenvalue weighted by molar-refractivity contribution is 7.99. The smallest absolute Gasteiger partial charge is 0.169 e. The Hall–Kier alpha value is -1.98. The summed E-state index contributed by atoms with van der Waals surface area (Å²) in [5, 5.41) is 1.02. The maximum absolute atomic E-state index is 5.90. The molecule has 0 aliphatic heterocycles. The van der Waals surface area contributed by atoms with E-state index in [0.29, 0.717) is 13.2 Å². The van der Waals surface area contributed by atoms with Crippen molar-refractivity contribution >= 4 is 22.8 Å². The minimum atomic E-state index is 0.654. The zero-order valence-electron chi connectivity index (χ0n) is 15.0. The first kappa shape index (κ1) is 17.8. The molecular formula is C20H24N2O2S. The first-order valence-corrected chi connectivity index (χ1v) is 9.44. The number of hydrogen-bond acceptors (Lipinski definition) is 4. The standard InChI is InChI=1S/C20H24N2O2S/c1-15-12-16(2)14-17(13-15)24-10-11-25-20-21-18-6-4-5-7-19(18)22(20)8-9-23-3/h4-7,12-14H,8-11H2,1-3H3. The minimum absolute atomic E-state index is 0.654. The second kappa shape index (κ2) is 8.41. The van der Waals surface area contributed by atoms with Crippen LogP contribution in [0.25, 0.3) is 11.0 Å². The summed E-state index contributed by atoms with van der Waals surface area (Å²) in [5.41, 5.74) is 4.63. The van der Waals surface area contributed by atoms with Gasteiger partial charge in [0, 0.05) is 19.4 Å². The van der Waals surface area contributed by atoms with E-state index < -0.39 is 0 Å². The van der Waals surface area contributed by atoms with Gasteiger partial charge in [0.15, 0.2) is 5.16 Å². The van der Waals surface area contributed by atoms with Crippen molar-refractivity contribution in [2.45, 2.75) is 25.5 Å². The highest BCUT2D eigenvalue weighted by atomic mass is 32.2. The van der Waals surface area contributed by atoms with Gasteiger partial charge in [-0.25, -0.2) is 4.98 Å². The maximum atomic E-state index is 5.90. The van der Waals surface area contributed by atoms with E-state index in [1.807, 2.05) is 12.1 Å². The van der Waals surface area contributed by atoms with E-state index in [1.165, 1.54) is 11.1 Å². The summed E-state index contributed by atoms with van der Waals surface area (Å²) >= 11 is 1.72. The van der Waals surface area contributed by atoms with Crippen molar-refractivity contribution in [3.63, 3.8) is 0 Å². The van der Waals surface area contributed by atoms with Crippen molar-refractivity contribution in [1.82, 2.24) is 9.55 Å². The molecule has 25 heavy (non-hydrogen) atoms. The number of aromatic nitrogens is 2. The van der Waals surface area contributed by atoms with Crippen molar-refractivity contribution in [1.29, 1.82) is 0 Å². The number of hydrogen-bond donors (Lipinski definition) is 0. The van der Waals surface area contributed by atoms with E-state index in [4.69, 9.17) is 14.5 Å². The van der Waals surface area contributed by atoms with Gasteiger partial charge in [0.05, 0.1) is 24.2 Å². The van der Waals surface area contributed by atoms with Crippen molar-refractivity contribution < 1.29 is 9.47 Å². The Morgan fingerprint density at radius 1 is 1.04 bits per heavy atom. The molecule has 0 amide bonds. The van der Waals surface area contributed by atoms with Gasteiger partial charge in [-0.05, 0) is 49.2 Å². The lowest BCUT2D eigenvalue weighted by Crippen LogP contribution is -2.07. The minimum Gasteiger partial charge on any atom is -0.493 e. The Kier molecular flexibility index (Phi) is 6.00. The van der Waals surface area contributed by atoms with Gasteiger partial charge in [-0.15, -0.1) is 0 Å². The van der Waals surface area contributed by atoms with E-state index in [1.54, 1.807) is 18.9 Å². The molecule has 0 saturated carbocycles. The Bertz CT molecular complexity index is 825. The third kappa shape index (κ3) is 4.55. The topological polar surface area (TPSA) is 36.3 Å². The fourth-order valence-electron chi connectivity index (χ4n) is 2.87.